The number of nitrogens with one attached hydrogen (secondary N) is 1. The number of carbonyl (C=O) groups excluding carboxylic acids is 1. The van der Waals surface area contributed by atoms with E-state index in [2.05, 4.69) is 4.98 Å². The molecular formula is C23H22N2O3S. The molecule has 4 rings (SSSR count). The Kier molecular flexibility index (Phi) is 5.53. The summed E-state index contributed by atoms with van der Waals surface area (Å²) in [4.78, 5) is 19.6. The highest BCUT2D eigenvalue weighted by Crippen LogP contribution is 2.25. The van der Waals surface area contributed by atoms with Crippen LogP contribution >= 0.6 is 11.3 Å². The van der Waals surface area contributed by atoms with Gasteiger partial charge < -0.3 is 19.4 Å². The van der Waals surface area contributed by atoms with Gasteiger partial charge in [-0.05, 0) is 35.7 Å². The number of H-pyrrole nitrogens is 1. The summed E-state index contributed by atoms with van der Waals surface area (Å²) in [5.41, 5.74) is 2.40. The smallest absolute Gasteiger partial charge is 0.270 e. The number of aromatic amines is 1. The van der Waals surface area contributed by atoms with Crippen molar-refractivity contribution in [2.24, 2.45) is 0 Å². The second kappa shape index (κ2) is 8.41. The molecule has 29 heavy (non-hydrogen) atoms. The van der Waals surface area contributed by atoms with E-state index in [1.165, 1.54) is 0 Å². The van der Waals surface area contributed by atoms with Crippen LogP contribution in [-0.4, -0.2) is 30.0 Å². The Labute approximate surface area is 173 Å². The van der Waals surface area contributed by atoms with Crippen LogP contribution in [0.4, 0.5) is 0 Å². The van der Waals surface area contributed by atoms with Gasteiger partial charge >= 0.3 is 0 Å². The lowest BCUT2D eigenvalue weighted by Gasteiger charge is -2.23. The zero-order chi connectivity index (χ0) is 20.2. The molecule has 0 aliphatic heterocycles. The first-order chi connectivity index (χ1) is 14.2. The zero-order valence-corrected chi connectivity index (χ0v) is 17.2. The van der Waals surface area contributed by atoms with Crippen LogP contribution in [0.15, 0.2) is 66.0 Å². The molecule has 0 atom stereocenters. The molecule has 0 unspecified atom stereocenters. The Bertz CT molecular complexity index is 1120. The second-order valence-electron chi connectivity index (χ2n) is 6.69. The third kappa shape index (κ3) is 4.12. The van der Waals surface area contributed by atoms with Crippen LogP contribution in [0.5, 0.6) is 11.5 Å². The second-order valence-corrected chi connectivity index (χ2v) is 7.72. The fraction of sp³-hybridized carbons (Fsp3) is 0.174. The highest BCUT2D eigenvalue weighted by molar-refractivity contribution is 7.09. The van der Waals surface area contributed by atoms with Crippen molar-refractivity contribution in [2.45, 2.75) is 13.1 Å². The minimum Gasteiger partial charge on any atom is -0.497 e. The van der Waals surface area contributed by atoms with Crippen LogP contribution in [0.1, 0.15) is 20.9 Å². The highest BCUT2D eigenvalue weighted by atomic mass is 32.1. The van der Waals surface area contributed by atoms with Gasteiger partial charge in [-0.1, -0.05) is 24.3 Å². The van der Waals surface area contributed by atoms with Gasteiger partial charge in [0.25, 0.3) is 5.91 Å². The summed E-state index contributed by atoms with van der Waals surface area (Å²) in [5.74, 6) is 1.47. The average Bonchev–Trinajstić information content (AvgIpc) is 3.42. The van der Waals surface area contributed by atoms with Gasteiger partial charge in [0.15, 0.2) is 0 Å². The predicted octanol–water partition coefficient (Wildman–Crippen LogP) is 5.09. The molecule has 1 N–H and O–H groups in total. The van der Waals surface area contributed by atoms with Crippen LogP contribution in [0.3, 0.4) is 0 Å². The van der Waals surface area contributed by atoms with Crippen molar-refractivity contribution in [3.63, 3.8) is 0 Å². The largest absolute Gasteiger partial charge is 0.497 e. The number of benzene rings is 2. The number of ether oxygens (including phenoxy) is 2. The molecule has 4 aromatic rings. The van der Waals surface area contributed by atoms with E-state index in [-0.39, 0.29) is 5.91 Å². The first kappa shape index (κ1) is 19.1. The van der Waals surface area contributed by atoms with E-state index in [1.807, 2.05) is 70.9 Å². The van der Waals surface area contributed by atoms with Crippen LogP contribution in [0.25, 0.3) is 10.9 Å². The summed E-state index contributed by atoms with van der Waals surface area (Å²) in [7, 11) is 3.28. The number of aromatic nitrogens is 1. The molecule has 0 fully saturated rings. The number of carbonyl (C=O) groups is 1. The topological polar surface area (TPSA) is 54.6 Å². The minimum atomic E-state index is -0.0560. The van der Waals surface area contributed by atoms with Crippen LogP contribution in [-0.2, 0) is 13.1 Å². The number of para-hydroxylation sites is 1. The number of amides is 1. The van der Waals surface area contributed by atoms with E-state index in [0.717, 1.165) is 32.8 Å². The first-order valence-corrected chi connectivity index (χ1v) is 10.2. The maximum Gasteiger partial charge on any atom is 0.270 e. The lowest BCUT2D eigenvalue weighted by molar-refractivity contribution is 0.0725. The summed E-state index contributed by atoms with van der Waals surface area (Å²) < 4.78 is 10.8. The summed E-state index contributed by atoms with van der Waals surface area (Å²) in [6, 6.07) is 19.5. The van der Waals surface area contributed by atoms with Crippen molar-refractivity contribution >= 4 is 28.1 Å². The van der Waals surface area contributed by atoms with E-state index in [4.69, 9.17) is 9.47 Å². The molecule has 0 bridgehead atoms. The predicted molar refractivity (Wildman–Crippen MR) is 116 cm³/mol. The van der Waals surface area contributed by atoms with Crippen LogP contribution < -0.4 is 9.47 Å². The lowest BCUT2D eigenvalue weighted by atomic mass is 10.1. The van der Waals surface area contributed by atoms with Gasteiger partial charge in [0, 0.05) is 27.4 Å². The van der Waals surface area contributed by atoms with E-state index in [1.54, 1.807) is 25.6 Å². The highest BCUT2D eigenvalue weighted by Gasteiger charge is 2.20. The Hall–Kier alpha value is -3.25. The van der Waals surface area contributed by atoms with Crippen molar-refractivity contribution in [2.75, 3.05) is 14.2 Å². The molecule has 0 saturated heterocycles. The summed E-state index contributed by atoms with van der Waals surface area (Å²) in [6.45, 7) is 0.993. The van der Waals surface area contributed by atoms with E-state index in [0.29, 0.717) is 18.8 Å². The summed E-state index contributed by atoms with van der Waals surface area (Å²) >= 11 is 1.64. The molecule has 0 spiro atoms. The normalized spacial score (nSPS) is 10.8. The van der Waals surface area contributed by atoms with E-state index >= 15 is 0 Å². The fourth-order valence-corrected chi connectivity index (χ4v) is 4.07. The van der Waals surface area contributed by atoms with Gasteiger partial charge in [0.05, 0.1) is 27.3 Å². The van der Waals surface area contributed by atoms with Crippen molar-refractivity contribution < 1.29 is 14.3 Å². The van der Waals surface area contributed by atoms with Gasteiger partial charge in [0.1, 0.15) is 17.2 Å². The molecule has 2 heterocycles. The molecular weight excluding hydrogens is 384 g/mol. The van der Waals surface area contributed by atoms with Crippen molar-refractivity contribution in [1.29, 1.82) is 0 Å². The lowest BCUT2D eigenvalue weighted by Crippen LogP contribution is -2.30. The number of fused-ring (bicyclic) bond motifs is 1. The number of thiophene rings is 1. The maximum absolute atomic E-state index is 13.4. The minimum absolute atomic E-state index is 0.0560. The van der Waals surface area contributed by atoms with Crippen molar-refractivity contribution in [1.82, 2.24) is 9.88 Å². The molecule has 0 saturated carbocycles. The number of hydrogen-bond donors (Lipinski definition) is 1. The fourth-order valence-electron chi connectivity index (χ4n) is 3.35. The Morgan fingerprint density at radius 1 is 1.00 bits per heavy atom. The number of methoxy groups -OCH3 is 2. The summed E-state index contributed by atoms with van der Waals surface area (Å²) in [6.07, 6.45) is 0. The standard InChI is InChI=1S/C23H22N2O3S/c1-27-18-10-9-16-12-21(24-20(16)13-18)23(26)25(15-19-7-5-11-29-19)14-17-6-3-4-8-22(17)28-2/h3-13,24H,14-15H2,1-2H3. The first-order valence-electron chi connectivity index (χ1n) is 9.28. The van der Waals surface area contributed by atoms with E-state index < -0.39 is 0 Å². The van der Waals surface area contributed by atoms with Gasteiger partial charge in [0.2, 0.25) is 0 Å². The molecule has 148 valence electrons. The number of nitrogens with zero attached hydrogens (tertiary/aromatic N) is 1. The Balaban J connectivity index is 1.67. The third-order valence-electron chi connectivity index (χ3n) is 4.83. The van der Waals surface area contributed by atoms with Crippen molar-refractivity contribution in [3.05, 3.63) is 82.2 Å². The van der Waals surface area contributed by atoms with Crippen LogP contribution in [0.2, 0.25) is 0 Å². The molecule has 6 heteroatoms. The molecule has 0 aliphatic rings. The molecule has 0 radical (unpaired) electrons. The van der Waals surface area contributed by atoms with E-state index in [9.17, 15) is 4.79 Å². The molecule has 1 amide bonds. The zero-order valence-electron chi connectivity index (χ0n) is 16.3. The Morgan fingerprint density at radius 3 is 2.62 bits per heavy atom. The van der Waals surface area contributed by atoms with Gasteiger partial charge in [-0.3, -0.25) is 4.79 Å². The average molecular weight is 407 g/mol. The SMILES string of the molecule is COc1ccc2cc(C(=O)N(Cc3cccs3)Cc3ccccc3OC)[nH]c2c1. The Morgan fingerprint density at radius 2 is 1.86 bits per heavy atom. The maximum atomic E-state index is 13.4. The number of rotatable bonds is 7. The van der Waals surface area contributed by atoms with Gasteiger partial charge in [-0.25, -0.2) is 0 Å². The monoisotopic (exact) mass is 406 g/mol. The molecule has 2 aromatic carbocycles. The van der Waals surface area contributed by atoms with Crippen molar-refractivity contribution in [3.8, 4) is 11.5 Å². The van der Waals surface area contributed by atoms with Crippen LogP contribution in [0, 0.1) is 0 Å². The molecule has 2 aromatic heterocycles. The van der Waals surface area contributed by atoms with Gasteiger partial charge in [-0.2, -0.15) is 0 Å². The summed E-state index contributed by atoms with van der Waals surface area (Å²) in [5, 5.41) is 3.00. The quantitative estimate of drug-likeness (QED) is 0.465. The third-order valence-corrected chi connectivity index (χ3v) is 5.69. The molecule has 5 nitrogen and oxygen atoms in total. The van der Waals surface area contributed by atoms with Gasteiger partial charge in [-0.15, -0.1) is 11.3 Å². The number of hydrogen-bond acceptors (Lipinski definition) is 4. The molecule has 0 aliphatic carbocycles.